The van der Waals surface area contributed by atoms with Crippen molar-refractivity contribution in [3.63, 3.8) is 0 Å². The standard InChI is InChI=1S/C14H17N3O2S/c1-16(2)10-5-6-17(8-10)12-4-3-9-7-11(14(18)19)20-13(9)15-12/h3-4,7,10H,5-6,8H2,1-2H3,(H,18,19)/t10-/m0/s1. The molecule has 0 radical (unpaired) electrons. The molecule has 20 heavy (non-hydrogen) atoms. The van der Waals surface area contributed by atoms with Crippen molar-refractivity contribution in [2.24, 2.45) is 0 Å². The average molecular weight is 291 g/mol. The fourth-order valence-electron chi connectivity index (χ4n) is 2.56. The summed E-state index contributed by atoms with van der Waals surface area (Å²) in [5, 5.41) is 9.93. The topological polar surface area (TPSA) is 56.7 Å². The van der Waals surface area contributed by atoms with Crippen LogP contribution in [0.25, 0.3) is 10.2 Å². The maximum absolute atomic E-state index is 11.0. The van der Waals surface area contributed by atoms with Crippen molar-refractivity contribution in [2.75, 3.05) is 32.1 Å². The van der Waals surface area contributed by atoms with E-state index in [-0.39, 0.29) is 0 Å². The summed E-state index contributed by atoms with van der Waals surface area (Å²) in [5.41, 5.74) is 0. The molecule has 5 nitrogen and oxygen atoms in total. The van der Waals surface area contributed by atoms with Crippen LogP contribution in [0.3, 0.4) is 0 Å². The number of carboxylic acids is 1. The lowest BCUT2D eigenvalue weighted by Crippen LogP contribution is -2.31. The fourth-order valence-corrected chi connectivity index (χ4v) is 3.43. The van der Waals surface area contributed by atoms with Gasteiger partial charge in [0, 0.05) is 24.5 Å². The number of aromatic carboxylic acids is 1. The quantitative estimate of drug-likeness (QED) is 0.939. The monoisotopic (exact) mass is 291 g/mol. The molecule has 0 aliphatic carbocycles. The minimum Gasteiger partial charge on any atom is -0.477 e. The van der Waals surface area contributed by atoms with Gasteiger partial charge in [-0.1, -0.05) is 0 Å². The molecule has 3 heterocycles. The van der Waals surface area contributed by atoms with Crippen LogP contribution in [0.1, 0.15) is 16.1 Å². The number of nitrogens with zero attached hydrogens (tertiary/aromatic N) is 3. The van der Waals surface area contributed by atoms with E-state index in [1.807, 2.05) is 12.1 Å². The summed E-state index contributed by atoms with van der Waals surface area (Å²) in [4.78, 5) is 21.3. The maximum Gasteiger partial charge on any atom is 0.345 e. The van der Waals surface area contributed by atoms with E-state index in [0.29, 0.717) is 10.9 Å². The number of rotatable bonds is 3. The van der Waals surface area contributed by atoms with Crippen LogP contribution in [0.4, 0.5) is 5.82 Å². The average Bonchev–Trinajstić information content (AvgIpc) is 3.04. The molecular formula is C14H17N3O2S. The highest BCUT2D eigenvalue weighted by Crippen LogP contribution is 2.28. The van der Waals surface area contributed by atoms with Crippen LogP contribution in [-0.2, 0) is 0 Å². The number of anilines is 1. The third-order valence-corrected chi connectivity index (χ3v) is 4.83. The zero-order valence-corrected chi connectivity index (χ0v) is 12.4. The van der Waals surface area contributed by atoms with E-state index >= 15 is 0 Å². The summed E-state index contributed by atoms with van der Waals surface area (Å²) in [5.74, 6) is 0.0593. The Morgan fingerprint density at radius 3 is 2.95 bits per heavy atom. The molecule has 0 saturated carbocycles. The number of aromatic nitrogens is 1. The van der Waals surface area contributed by atoms with Gasteiger partial charge >= 0.3 is 5.97 Å². The Hall–Kier alpha value is -1.66. The van der Waals surface area contributed by atoms with E-state index in [9.17, 15) is 4.79 Å². The molecule has 1 atom stereocenters. The smallest absolute Gasteiger partial charge is 0.345 e. The zero-order valence-electron chi connectivity index (χ0n) is 11.5. The highest BCUT2D eigenvalue weighted by Gasteiger charge is 2.25. The molecule has 0 amide bonds. The third kappa shape index (κ3) is 2.36. The minimum absolute atomic E-state index is 0.345. The van der Waals surface area contributed by atoms with Gasteiger partial charge in [-0.3, -0.25) is 0 Å². The summed E-state index contributed by atoms with van der Waals surface area (Å²) < 4.78 is 0. The molecule has 0 spiro atoms. The van der Waals surface area contributed by atoms with Gasteiger partial charge in [-0.15, -0.1) is 11.3 Å². The first-order chi connectivity index (χ1) is 9.54. The summed E-state index contributed by atoms with van der Waals surface area (Å²) in [7, 11) is 4.20. The number of thiophene rings is 1. The van der Waals surface area contributed by atoms with Crippen molar-refractivity contribution >= 4 is 33.3 Å². The lowest BCUT2D eigenvalue weighted by molar-refractivity contribution is 0.0702. The van der Waals surface area contributed by atoms with Crippen LogP contribution in [0.5, 0.6) is 0 Å². The highest BCUT2D eigenvalue weighted by molar-refractivity contribution is 7.20. The number of carboxylic acid groups (broad SMARTS) is 1. The Kier molecular flexibility index (Phi) is 3.35. The molecule has 3 rings (SSSR count). The molecule has 0 bridgehead atoms. The number of hydrogen-bond acceptors (Lipinski definition) is 5. The van der Waals surface area contributed by atoms with Crippen LogP contribution in [0.2, 0.25) is 0 Å². The van der Waals surface area contributed by atoms with Gasteiger partial charge in [-0.05, 0) is 38.7 Å². The van der Waals surface area contributed by atoms with E-state index in [4.69, 9.17) is 5.11 Å². The molecule has 1 fully saturated rings. The molecule has 2 aromatic rings. The SMILES string of the molecule is CN(C)[C@H]1CCN(c2ccc3cc(C(=O)O)sc3n2)C1. The second-order valence-electron chi connectivity index (χ2n) is 5.33. The van der Waals surface area contributed by atoms with Crippen molar-refractivity contribution < 1.29 is 9.90 Å². The van der Waals surface area contributed by atoms with Crippen LogP contribution in [0.15, 0.2) is 18.2 Å². The maximum atomic E-state index is 11.0. The molecular weight excluding hydrogens is 274 g/mol. The molecule has 1 N–H and O–H groups in total. The lowest BCUT2D eigenvalue weighted by Gasteiger charge is -2.21. The second-order valence-corrected chi connectivity index (χ2v) is 6.36. The lowest BCUT2D eigenvalue weighted by atomic mass is 10.2. The molecule has 1 aliphatic rings. The molecule has 106 valence electrons. The predicted octanol–water partition coefficient (Wildman–Crippen LogP) is 2.13. The summed E-state index contributed by atoms with van der Waals surface area (Å²) in [6, 6.07) is 6.19. The Labute approximate surface area is 121 Å². The predicted molar refractivity (Wildman–Crippen MR) is 80.9 cm³/mol. The van der Waals surface area contributed by atoms with Gasteiger partial charge in [0.15, 0.2) is 0 Å². The molecule has 0 unspecified atom stereocenters. The van der Waals surface area contributed by atoms with Gasteiger partial charge < -0.3 is 14.9 Å². The Morgan fingerprint density at radius 2 is 2.30 bits per heavy atom. The van der Waals surface area contributed by atoms with Crippen molar-refractivity contribution in [1.82, 2.24) is 9.88 Å². The second kappa shape index (κ2) is 5.03. The van der Waals surface area contributed by atoms with E-state index in [0.717, 1.165) is 35.5 Å². The van der Waals surface area contributed by atoms with Crippen LogP contribution in [0, 0.1) is 0 Å². The molecule has 1 saturated heterocycles. The normalized spacial score (nSPS) is 19.1. The minimum atomic E-state index is -0.886. The van der Waals surface area contributed by atoms with E-state index in [1.165, 1.54) is 11.3 Å². The summed E-state index contributed by atoms with van der Waals surface area (Å²) in [6.45, 7) is 1.97. The molecule has 6 heteroatoms. The molecule has 2 aromatic heterocycles. The number of carbonyl (C=O) groups is 1. The number of fused-ring (bicyclic) bond motifs is 1. The number of likely N-dealkylation sites (N-methyl/N-ethyl adjacent to an activating group) is 1. The van der Waals surface area contributed by atoms with Crippen molar-refractivity contribution in [3.8, 4) is 0 Å². The van der Waals surface area contributed by atoms with Gasteiger partial charge in [0.25, 0.3) is 0 Å². The molecule has 1 aliphatic heterocycles. The third-order valence-electron chi connectivity index (χ3n) is 3.80. The Bertz CT molecular complexity index is 653. The van der Waals surface area contributed by atoms with Crippen molar-refractivity contribution in [3.05, 3.63) is 23.1 Å². The van der Waals surface area contributed by atoms with E-state index in [2.05, 4.69) is 28.9 Å². The first-order valence-corrected chi connectivity index (χ1v) is 7.41. The van der Waals surface area contributed by atoms with E-state index < -0.39 is 5.97 Å². The van der Waals surface area contributed by atoms with Gasteiger partial charge in [0.05, 0.1) is 0 Å². The van der Waals surface area contributed by atoms with Gasteiger partial charge in [0.1, 0.15) is 15.5 Å². The summed E-state index contributed by atoms with van der Waals surface area (Å²) >= 11 is 1.24. The zero-order chi connectivity index (χ0) is 14.3. The van der Waals surface area contributed by atoms with E-state index in [1.54, 1.807) is 6.07 Å². The first kappa shape index (κ1) is 13.3. The van der Waals surface area contributed by atoms with Gasteiger partial charge in [0.2, 0.25) is 0 Å². The van der Waals surface area contributed by atoms with Gasteiger partial charge in [-0.25, -0.2) is 9.78 Å². The number of hydrogen-bond donors (Lipinski definition) is 1. The van der Waals surface area contributed by atoms with Crippen LogP contribution in [-0.4, -0.2) is 54.2 Å². The van der Waals surface area contributed by atoms with Crippen LogP contribution >= 0.6 is 11.3 Å². The fraction of sp³-hybridized carbons (Fsp3) is 0.429. The van der Waals surface area contributed by atoms with Crippen LogP contribution < -0.4 is 4.90 Å². The Morgan fingerprint density at radius 1 is 1.50 bits per heavy atom. The largest absolute Gasteiger partial charge is 0.477 e. The number of pyridine rings is 1. The van der Waals surface area contributed by atoms with Gasteiger partial charge in [-0.2, -0.15) is 0 Å². The first-order valence-electron chi connectivity index (χ1n) is 6.60. The Balaban J connectivity index is 1.88. The molecule has 0 aromatic carbocycles. The van der Waals surface area contributed by atoms with Crippen molar-refractivity contribution in [1.29, 1.82) is 0 Å². The highest BCUT2D eigenvalue weighted by atomic mass is 32.1. The summed E-state index contributed by atoms with van der Waals surface area (Å²) in [6.07, 6.45) is 1.14. The van der Waals surface area contributed by atoms with Crippen molar-refractivity contribution in [2.45, 2.75) is 12.5 Å².